The van der Waals surface area contributed by atoms with Gasteiger partial charge >= 0.3 is 0 Å². The fourth-order valence-electron chi connectivity index (χ4n) is 2.98. The van der Waals surface area contributed by atoms with Crippen LogP contribution in [0.2, 0.25) is 0 Å². The van der Waals surface area contributed by atoms with Gasteiger partial charge in [0.05, 0.1) is 23.9 Å². The molecule has 0 aliphatic carbocycles. The van der Waals surface area contributed by atoms with Gasteiger partial charge in [-0.05, 0) is 47.5 Å². The average Bonchev–Trinajstić information content (AvgIpc) is 3.66. The van der Waals surface area contributed by atoms with Crippen LogP contribution in [0.25, 0.3) is 0 Å². The molecule has 37 heavy (non-hydrogen) atoms. The minimum Gasteiger partial charge on any atom is -0.454 e. The first-order valence-electron chi connectivity index (χ1n) is 10.6. The first kappa shape index (κ1) is 24.9. The molecule has 0 spiro atoms. The number of fused-ring (bicyclic) bond motifs is 2. The van der Waals surface area contributed by atoms with Crippen LogP contribution in [0, 0.1) is 0 Å². The van der Waals surface area contributed by atoms with Crippen molar-refractivity contribution in [3.63, 3.8) is 0 Å². The molecule has 15 heteroatoms. The molecule has 2 aliphatic rings. The summed E-state index contributed by atoms with van der Waals surface area (Å²) in [7, 11) is 0. The third-order valence-electron chi connectivity index (χ3n) is 4.64. The Bertz CT molecular complexity index is 1260. The van der Waals surface area contributed by atoms with E-state index in [1.165, 1.54) is 47.3 Å². The van der Waals surface area contributed by atoms with E-state index in [1.807, 2.05) is 12.1 Å². The number of aromatic nitrogens is 2. The number of nitrogens with one attached hydrogen (secondary N) is 2. The molecule has 0 unspecified atom stereocenters. The van der Waals surface area contributed by atoms with Crippen LogP contribution in [-0.2, 0) is 9.59 Å². The Hall–Kier alpha value is -3.82. The van der Waals surface area contributed by atoms with Crippen LogP contribution in [-0.4, -0.2) is 59.5 Å². The number of hydrogen-bond acceptors (Lipinski definition) is 13. The van der Waals surface area contributed by atoms with E-state index >= 15 is 0 Å². The van der Waals surface area contributed by atoms with Crippen LogP contribution in [0.5, 0.6) is 23.0 Å². The zero-order valence-corrected chi connectivity index (χ0v) is 21.4. The van der Waals surface area contributed by atoms with Gasteiger partial charge in [0.15, 0.2) is 31.7 Å². The second-order valence-corrected chi connectivity index (χ2v) is 10.6. The van der Waals surface area contributed by atoms with Crippen LogP contribution in [0.1, 0.15) is 11.1 Å². The van der Waals surface area contributed by atoms with E-state index in [1.54, 1.807) is 24.3 Å². The predicted molar refractivity (Wildman–Crippen MR) is 138 cm³/mol. The Morgan fingerprint density at radius 1 is 0.784 bits per heavy atom. The van der Waals surface area contributed by atoms with Gasteiger partial charge in [-0.1, -0.05) is 34.9 Å². The summed E-state index contributed by atoms with van der Waals surface area (Å²) in [6, 6.07) is 10.7. The van der Waals surface area contributed by atoms with Crippen LogP contribution in [0.3, 0.4) is 0 Å². The number of carbonyl (C=O) groups is 2. The van der Waals surface area contributed by atoms with Crippen LogP contribution in [0.4, 0.5) is 0 Å². The van der Waals surface area contributed by atoms with Crippen LogP contribution >= 0.6 is 34.9 Å². The van der Waals surface area contributed by atoms with Crippen LogP contribution in [0.15, 0.2) is 55.3 Å². The molecule has 0 fully saturated rings. The summed E-state index contributed by atoms with van der Waals surface area (Å²) in [6.45, 7) is 0.390. The molecule has 12 nitrogen and oxygen atoms in total. The third kappa shape index (κ3) is 6.90. The van der Waals surface area contributed by atoms with Crippen molar-refractivity contribution in [1.82, 2.24) is 21.0 Å². The zero-order valence-electron chi connectivity index (χ0n) is 18.9. The maximum absolute atomic E-state index is 12.1. The molecule has 3 aromatic rings. The lowest BCUT2D eigenvalue weighted by Gasteiger charge is -1.99. The van der Waals surface area contributed by atoms with Crippen molar-refractivity contribution in [3.05, 3.63) is 47.5 Å². The van der Waals surface area contributed by atoms with Crippen LogP contribution < -0.4 is 29.8 Å². The molecule has 0 saturated heterocycles. The molecule has 0 radical (unpaired) electrons. The molecule has 1 aromatic heterocycles. The Kier molecular flexibility index (Phi) is 8.02. The van der Waals surface area contributed by atoms with Gasteiger partial charge in [-0.3, -0.25) is 9.59 Å². The summed E-state index contributed by atoms with van der Waals surface area (Å²) in [6.07, 6.45) is 3.04. The highest BCUT2D eigenvalue weighted by Gasteiger charge is 2.14. The number of amides is 2. The molecule has 0 atom stereocenters. The fraction of sp³-hybridized carbons (Fsp3) is 0.182. The number of hydrazone groups is 2. The predicted octanol–water partition coefficient (Wildman–Crippen LogP) is 2.48. The topological polar surface area (TPSA) is 146 Å². The van der Waals surface area contributed by atoms with Crippen molar-refractivity contribution < 1.29 is 28.5 Å². The molecule has 190 valence electrons. The van der Waals surface area contributed by atoms with Gasteiger partial charge in [0.1, 0.15) is 0 Å². The van der Waals surface area contributed by atoms with Gasteiger partial charge in [-0.15, -0.1) is 10.2 Å². The van der Waals surface area contributed by atoms with Crippen molar-refractivity contribution in [1.29, 1.82) is 0 Å². The van der Waals surface area contributed by atoms with E-state index in [4.69, 9.17) is 18.9 Å². The highest BCUT2D eigenvalue weighted by atomic mass is 32.2. The highest BCUT2D eigenvalue weighted by molar-refractivity contribution is 8.03. The maximum Gasteiger partial charge on any atom is 0.250 e. The summed E-state index contributed by atoms with van der Waals surface area (Å²) in [5.41, 5.74) is 6.48. The lowest BCUT2D eigenvalue weighted by atomic mass is 10.2. The van der Waals surface area contributed by atoms with E-state index in [0.29, 0.717) is 31.7 Å². The molecular formula is C22H18N6O6S3. The average molecular weight is 559 g/mol. The first-order chi connectivity index (χ1) is 18.1. The smallest absolute Gasteiger partial charge is 0.250 e. The molecular weight excluding hydrogens is 540 g/mol. The van der Waals surface area contributed by atoms with Crippen molar-refractivity contribution in [3.8, 4) is 23.0 Å². The highest BCUT2D eigenvalue weighted by Crippen LogP contribution is 2.33. The molecule has 2 aliphatic heterocycles. The Labute approximate surface area is 222 Å². The Morgan fingerprint density at radius 2 is 1.24 bits per heavy atom. The van der Waals surface area contributed by atoms with Crippen molar-refractivity contribution in [2.75, 3.05) is 25.1 Å². The fourth-order valence-corrected chi connectivity index (χ4v) is 5.58. The lowest BCUT2D eigenvalue weighted by Crippen LogP contribution is -2.19. The number of benzene rings is 2. The molecule has 2 N–H and O–H groups in total. The SMILES string of the molecule is O=C(CSc1nnc(SCC(=O)N/N=C/c2ccc3c(c2)OCO3)s1)N/N=C/c1ccc2c(c1)OCO2. The van der Waals surface area contributed by atoms with Crippen molar-refractivity contribution in [2.45, 2.75) is 8.68 Å². The molecule has 0 bridgehead atoms. The van der Waals surface area contributed by atoms with Crippen molar-refractivity contribution in [2.24, 2.45) is 10.2 Å². The minimum atomic E-state index is -0.286. The third-order valence-corrected chi connectivity index (χ3v) is 7.83. The van der Waals surface area contributed by atoms with E-state index in [2.05, 4.69) is 31.3 Å². The van der Waals surface area contributed by atoms with Crippen molar-refractivity contribution >= 4 is 59.1 Å². The number of ether oxygens (including phenoxy) is 4. The lowest BCUT2D eigenvalue weighted by molar-refractivity contribution is -0.119. The number of nitrogens with zero attached hydrogens (tertiary/aromatic N) is 4. The van der Waals surface area contributed by atoms with E-state index in [-0.39, 0.29) is 36.9 Å². The summed E-state index contributed by atoms with van der Waals surface area (Å²) < 4.78 is 22.4. The minimum absolute atomic E-state index is 0.118. The van der Waals surface area contributed by atoms with Gasteiger partial charge < -0.3 is 18.9 Å². The summed E-state index contributed by atoms with van der Waals surface area (Å²) >= 11 is 3.76. The second kappa shape index (κ2) is 11.9. The van der Waals surface area contributed by atoms with E-state index < -0.39 is 0 Å². The number of rotatable bonds is 10. The Morgan fingerprint density at radius 3 is 1.73 bits per heavy atom. The molecule has 3 heterocycles. The molecule has 2 amide bonds. The number of carbonyl (C=O) groups excluding carboxylic acids is 2. The molecule has 0 saturated carbocycles. The summed E-state index contributed by atoms with van der Waals surface area (Å²) in [4.78, 5) is 24.1. The second-order valence-electron chi connectivity index (χ2n) is 7.22. The summed E-state index contributed by atoms with van der Waals surface area (Å²) in [5.74, 6) is 2.30. The normalized spacial score (nSPS) is 13.4. The van der Waals surface area contributed by atoms with Gasteiger partial charge in [0.25, 0.3) is 11.8 Å². The molecule has 5 rings (SSSR count). The van der Waals surface area contributed by atoms with Gasteiger partial charge in [-0.2, -0.15) is 10.2 Å². The maximum atomic E-state index is 12.1. The standard InChI is InChI=1S/C22H18N6O6S3/c29-19(25-23-7-13-1-3-15-17(5-13)33-11-31-15)9-35-21-27-28-22(37-21)36-10-20(30)26-24-8-14-2-4-16-18(6-14)34-12-32-16/h1-8H,9-12H2,(H,25,29)(H,26,30)/b23-7+,24-8+. The van der Waals surface area contributed by atoms with Gasteiger partial charge in [0.2, 0.25) is 13.6 Å². The largest absolute Gasteiger partial charge is 0.454 e. The quantitative estimate of drug-likeness (QED) is 0.216. The van der Waals surface area contributed by atoms with Gasteiger partial charge in [0, 0.05) is 0 Å². The zero-order chi connectivity index (χ0) is 25.5. The van der Waals surface area contributed by atoms with E-state index in [9.17, 15) is 9.59 Å². The Balaban J connectivity index is 0.996. The number of hydrogen-bond donors (Lipinski definition) is 2. The molecule has 2 aromatic carbocycles. The van der Waals surface area contributed by atoms with E-state index in [0.717, 1.165) is 11.1 Å². The monoisotopic (exact) mass is 558 g/mol. The summed E-state index contributed by atoms with van der Waals surface area (Å²) in [5, 5.41) is 16.0. The number of thioether (sulfide) groups is 2. The first-order valence-corrected chi connectivity index (χ1v) is 13.4. The van der Waals surface area contributed by atoms with Gasteiger partial charge in [-0.25, -0.2) is 10.9 Å².